The molecule has 7 heteroatoms. The number of hydrogen-bond acceptors (Lipinski definition) is 4. The predicted octanol–water partition coefficient (Wildman–Crippen LogP) is 1.10. The SMILES string of the molecule is C=CC(=O)N(C)CC(=O)N1CCC(S(=O)(=O)c2ccccc2)CC1. The highest BCUT2D eigenvalue weighted by Gasteiger charge is 2.32. The van der Waals surface area contributed by atoms with Crippen LogP contribution in [0.4, 0.5) is 0 Å². The Balaban J connectivity index is 1.95. The molecule has 0 radical (unpaired) electrons. The lowest BCUT2D eigenvalue weighted by atomic mass is 10.1. The van der Waals surface area contributed by atoms with E-state index in [1.165, 1.54) is 11.9 Å². The Labute approximate surface area is 142 Å². The molecule has 0 atom stereocenters. The monoisotopic (exact) mass is 350 g/mol. The maximum absolute atomic E-state index is 12.6. The number of hydrogen-bond donors (Lipinski definition) is 0. The van der Waals surface area contributed by atoms with Crippen molar-refractivity contribution < 1.29 is 18.0 Å². The highest BCUT2D eigenvalue weighted by atomic mass is 32.2. The van der Waals surface area contributed by atoms with Gasteiger partial charge < -0.3 is 9.80 Å². The van der Waals surface area contributed by atoms with Crippen molar-refractivity contribution in [2.24, 2.45) is 0 Å². The van der Waals surface area contributed by atoms with Crippen molar-refractivity contribution in [3.05, 3.63) is 43.0 Å². The second-order valence-electron chi connectivity index (χ2n) is 5.84. The zero-order chi connectivity index (χ0) is 17.7. The molecule has 0 aromatic heterocycles. The summed E-state index contributed by atoms with van der Waals surface area (Å²) in [6.07, 6.45) is 1.97. The van der Waals surface area contributed by atoms with E-state index in [4.69, 9.17) is 0 Å². The molecular weight excluding hydrogens is 328 g/mol. The average molecular weight is 350 g/mol. The number of carbonyl (C=O) groups excluding carboxylic acids is 2. The number of nitrogens with zero attached hydrogens (tertiary/aromatic N) is 2. The number of benzene rings is 1. The van der Waals surface area contributed by atoms with Crippen LogP contribution in [0.5, 0.6) is 0 Å². The highest BCUT2D eigenvalue weighted by Crippen LogP contribution is 2.24. The lowest BCUT2D eigenvalue weighted by Gasteiger charge is -2.32. The summed E-state index contributed by atoms with van der Waals surface area (Å²) in [5, 5.41) is -0.475. The van der Waals surface area contributed by atoms with Gasteiger partial charge in [-0.25, -0.2) is 8.42 Å². The Morgan fingerprint density at radius 2 is 1.83 bits per heavy atom. The molecule has 0 unspecified atom stereocenters. The van der Waals surface area contributed by atoms with Crippen LogP contribution in [0.1, 0.15) is 12.8 Å². The predicted molar refractivity (Wildman–Crippen MR) is 91.1 cm³/mol. The van der Waals surface area contributed by atoms with Gasteiger partial charge in [-0.05, 0) is 31.1 Å². The highest BCUT2D eigenvalue weighted by molar-refractivity contribution is 7.92. The molecule has 130 valence electrons. The van der Waals surface area contributed by atoms with Gasteiger partial charge >= 0.3 is 0 Å². The summed E-state index contributed by atoms with van der Waals surface area (Å²) in [7, 11) is -1.83. The molecule has 6 nitrogen and oxygen atoms in total. The minimum atomic E-state index is -3.37. The zero-order valence-corrected chi connectivity index (χ0v) is 14.5. The number of amides is 2. The summed E-state index contributed by atoms with van der Waals surface area (Å²) < 4.78 is 25.2. The van der Waals surface area contributed by atoms with Crippen molar-refractivity contribution in [2.75, 3.05) is 26.7 Å². The van der Waals surface area contributed by atoms with Gasteiger partial charge in [-0.3, -0.25) is 9.59 Å². The van der Waals surface area contributed by atoms with Crippen LogP contribution in [0.2, 0.25) is 0 Å². The number of likely N-dealkylation sites (tertiary alicyclic amines) is 1. The van der Waals surface area contributed by atoms with E-state index in [0.717, 1.165) is 6.08 Å². The third-order valence-electron chi connectivity index (χ3n) is 4.23. The van der Waals surface area contributed by atoms with Crippen molar-refractivity contribution in [3.8, 4) is 0 Å². The minimum Gasteiger partial charge on any atom is -0.341 e. The molecule has 0 bridgehead atoms. The molecule has 0 N–H and O–H groups in total. The molecule has 0 aliphatic carbocycles. The quantitative estimate of drug-likeness (QED) is 0.745. The molecule has 1 aliphatic rings. The first-order valence-electron chi connectivity index (χ1n) is 7.80. The molecule has 1 aromatic carbocycles. The molecule has 1 saturated heterocycles. The second-order valence-corrected chi connectivity index (χ2v) is 8.06. The van der Waals surface area contributed by atoms with E-state index in [9.17, 15) is 18.0 Å². The summed E-state index contributed by atoms with van der Waals surface area (Å²) in [6.45, 7) is 4.12. The summed E-state index contributed by atoms with van der Waals surface area (Å²) in [4.78, 5) is 26.9. The smallest absolute Gasteiger partial charge is 0.246 e. The van der Waals surface area contributed by atoms with Crippen LogP contribution >= 0.6 is 0 Å². The summed E-state index contributed by atoms with van der Waals surface area (Å²) in [6, 6.07) is 8.39. The Morgan fingerprint density at radius 1 is 1.25 bits per heavy atom. The van der Waals surface area contributed by atoms with E-state index >= 15 is 0 Å². The molecule has 1 aliphatic heterocycles. The van der Waals surface area contributed by atoms with Gasteiger partial charge in [0.1, 0.15) is 0 Å². The summed E-state index contributed by atoms with van der Waals surface area (Å²) >= 11 is 0. The van der Waals surface area contributed by atoms with Crippen molar-refractivity contribution in [3.63, 3.8) is 0 Å². The van der Waals surface area contributed by atoms with Crippen LogP contribution in [-0.2, 0) is 19.4 Å². The topological polar surface area (TPSA) is 74.8 Å². The number of rotatable bonds is 5. The molecule has 1 fully saturated rings. The van der Waals surface area contributed by atoms with E-state index < -0.39 is 15.1 Å². The fraction of sp³-hybridized carbons (Fsp3) is 0.412. The first-order chi connectivity index (χ1) is 11.4. The van der Waals surface area contributed by atoms with Crippen LogP contribution in [0, 0.1) is 0 Å². The van der Waals surface area contributed by atoms with Gasteiger partial charge in [0.15, 0.2) is 9.84 Å². The molecule has 1 heterocycles. The molecule has 2 amide bonds. The molecular formula is C17H22N2O4S. The third-order valence-corrected chi connectivity index (χ3v) is 6.51. The Hall–Kier alpha value is -2.15. The maximum Gasteiger partial charge on any atom is 0.246 e. The summed E-state index contributed by atoms with van der Waals surface area (Å²) in [5.74, 6) is -0.492. The van der Waals surface area contributed by atoms with Crippen LogP contribution in [-0.4, -0.2) is 62.0 Å². The molecule has 1 aromatic rings. The van der Waals surface area contributed by atoms with E-state index in [1.54, 1.807) is 35.2 Å². The van der Waals surface area contributed by atoms with Crippen molar-refractivity contribution >= 4 is 21.7 Å². The van der Waals surface area contributed by atoms with Gasteiger partial charge in [0, 0.05) is 20.1 Å². The lowest BCUT2D eigenvalue weighted by Crippen LogP contribution is -2.46. The second kappa shape index (κ2) is 7.61. The Morgan fingerprint density at radius 3 is 2.38 bits per heavy atom. The van der Waals surface area contributed by atoms with Crippen LogP contribution in [0.15, 0.2) is 47.9 Å². The lowest BCUT2D eigenvalue weighted by molar-refractivity contribution is -0.137. The molecule has 0 spiro atoms. The fourth-order valence-electron chi connectivity index (χ4n) is 2.75. The summed E-state index contributed by atoms with van der Waals surface area (Å²) in [5.41, 5.74) is 0. The Bertz CT molecular complexity index is 707. The number of carbonyl (C=O) groups is 2. The number of sulfone groups is 1. The van der Waals surface area contributed by atoms with Gasteiger partial charge in [0.05, 0.1) is 16.7 Å². The number of piperidine rings is 1. The molecule has 2 rings (SSSR count). The van der Waals surface area contributed by atoms with E-state index in [-0.39, 0.29) is 18.4 Å². The van der Waals surface area contributed by atoms with Crippen LogP contribution < -0.4 is 0 Å². The van der Waals surface area contributed by atoms with E-state index in [2.05, 4.69) is 6.58 Å². The average Bonchev–Trinajstić information content (AvgIpc) is 2.61. The van der Waals surface area contributed by atoms with Crippen molar-refractivity contribution in [1.29, 1.82) is 0 Å². The largest absolute Gasteiger partial charge is 0.341 e. The van der Waals surface area contributed by atoms with Gasteiger partial charge in [0.25, 0.3) is 0 Å². The Kier molecular flexibility index (Phi) is 5.77. The fourth-order valence-corrected chi connectivity index (χ4v) is 4.51. The van der Waals surface area contributed by atoms with Gasteiger partial charge in [-0.2, -0.15) is 0 Å². The zero-order valence-electron chi connectivity index (χ0n) is 13.7. The van der Waals surface area contributed by atoms with Crippen LogP contribution in [0.3, 0.4) is 0 Å². The van der Waals surface area contributed by atoms with E-state index in [0.29, 0.717) is 30.8 Å². The van der Waals surface area contributed by atoms with Crippen molar-refractivity contribution in [2.45, 2.75) is 23.0 Å². The van der Waals surface area contributed by atoms with Gasteiger partial charge in [-0.1, -0.05) is 24.8 Å². The molecule has 0 saturated carbocycles. The normalized spacial score (nSPS) is 15.8. The molecule has 24 heavy (non-hydrogen) atoms. The first kappa shape index (κ1) is 18.2. The third kappa shape index (κ3) is 4.03. The minimum absolute atomic E-state index is 0.0268. The first-order valence-corrected chi connectivity index (χ1v) is 9.35. The van der Waals surface area contributed by atoms with Gasteiger partial charge in [-0.15, -0.1) is 0 Å². The van der Waals surface area contributed by atoms with Crippen LogP contribution in [0.25, 0.3) is 0 Å². The van der Waals surface area contributed by atoms with Gasteiger partial charge in [0.2, 0.25) is 11.8 Å². The maximum atomic E-state index is 12.6. The standard InChI is InChI=1S/C17H22N2O4S/c1-3-16(20)18(2)13-17(21)19-11-9-15(10-12-19)24(22,23)14-7-5-4-6-8-14/h3-8,15H,1,9-13H2,2H3. The van der Waals surface area contributed by atoms with E-state index in [1.807, 2.05) is 0 Å². The van der Waals surface area contributed by atoms with Crippen molar-refractivity contribution in [1.82, 2.24) is 9.80 Å². The number of likely N-dealkylation sites (N-methyl/N-ethyl adjacent to an activating group) is 1.